The Morgan fingerprint density at radius 2 is 1.64 bits per heavy atom. The zero-order chi connectivity index (χ0) is 30.3. The molecule has 1 atom stereocenters. The quantitative estimate of drug-likeness (QED) is 0.245. The molecule has 3 aromatic rings. The second-order valence-corrected chi connectivity index (χ2v) is 14.2. The highest BCUT2D eigenvalue weighted by Crippen LogP contribution is 2.26. The van der Waals surface area contributed by atoms with Crippen LogP contribution in [0.25, 0.3) is 0 Å². The predicted molar refractivity (Wildman–Crippen MR) is 172 cm³/mol. The van der Waals surface area contributed by atoms with Crippen molar-refractivity contribution in [1.82, 2.24) is 10.2 Å². The monoisotopic (exact) mass is 693 g/mol. The van der Waals surface area contributed by atoms with Gasteiger partial charge in [-0.1, -0.05) is 94.8 Å². The van der Waals surface area contributed by atoms with E-state index < -0.39 is 28.5 Å². The van der Waals surface area contributed by atoms with Crippen molar-refractivity contribution in [3.8, 4) is 0 Å². The van der Waals surface area contributed by atoms with Crippen molar-refractivity contribution in [2.24, 2.45) is 0 Å². The van der Waals surface area contributed by atoms with Crippen LogP contribution in [-0.2, 0) is 32.6 Å². The number of carbonyl (C=O) groups is 2. The first-order valence-corrected chi connectivity index (χ1v) is 17.2. The summed E-state index contributed by atoms with van der Waals surface area (Å²) < 4.78 is 27.6. The fraction of sp³-hybridized carbons (Fsp3) is 0.355. The minimum absolute atomic E-state index is 0.0115. The van der Waals surface area contributed by atoms with Gasteiger partial charge in [-0.3, -0.25) is 13.9 Å². The first-order chi connectivity index (χ1) is 20.0. The molecule has 3 aromatic carbocycles. The molecule has 0 radical (unpaired) electrons. The van der Waals surface area contributed by atoms with E-state index in [-0.39, 0.29) is 24.9 Å². The molecule has 11 heteroatoms. The molecule has 0 saturated heterocycles. The molecule has 1 aliphatic rings. The van der Waals surface area contributed by atoms with E-state index in [1.165, 1.54) is 4.90 Å². The van der Waals surface area contributed by atoms with E-state index in [1.54, 1.807) is 42.5 Å². The van der Waals surface area contributed by atoms with Gasteiger partial charge in [-0.05, 0) is 60.4 Å². The molecule has 0 aliphatic heterocycles. The van der Waals surface area contributed by atoms with Gasteiger partial charge in [-0.2, -0.15) is 0 Å². The van der Waals surface area contributed by atoms with E-state index in [4.69, 9.17) is 23.2 Å². The van der Waals surface area contributed by atoms with Gasteiger partial charge in [0.25, 0.3) is 0 Å². The van der Waals surface area contributed by atoms with E-state index in [9.17, 15) is 18.0 Å². The lowest BCUT2D eigenvalue weighted by Crippen LogP contribution is -2.55. The fourth-order valence-electron chi connectivity index (χ4n) is 5.15. The van der Waals surface area contributed by atoms with Crippen LogP contribution in [0.3, 0.4) is 0 Å². The largest absolute Gasteiger partial charge is 0.352 e. The van der Waals surface area contributed by atoms with Crippen LogP contribution in [0, 0.1) is 0 Å². The van der Waals surface area contributed by atoms with Gasteiger partial charge in [-0.25, -0.2) is 8.42 Å². The summed E-state index contributed by atoms with van der Waals surface area (Å²) in [6.07, 6.45) is 6.27. The van der Waals surface area contributed by atoms with Crippen LogP contribution in [-0.4, -0.2) is 50.0 Å². The molecular formula is C31H34BrCl2N3O4S. The molecule has 1 fully saturated rings. The minimum Gasteiger partial charge on any atom is -0.352 e. The zero-order valence-corrected chi connectivity index (χ0v) is 27.2. The Morgan fingerprint density at radius 1 is 0.976 bits per heavy atom. The standard InChI is InChI=1S/C31H34BrCl2N3O4S/c1-42(40,41)37(27-16-13-24(32)14-17-27)21-30(38)36(20-23-12-15-25(33)19-28(23)34)29(18-22-8-4-2-5-9-22)31(39)35-26-10-6-3-7-11-26/h2,4-5,8-9,12-17,19,26,29H,3,6-7,10-11,18,20-21H2,1H3,(H,35,39)/t29-/m0/s1. The van der Waals surface area contributed by atoms with Crippen LogP contribution in [0.4, 0.5) is 5.69 Å². The first kappa shape index (κ1) is 32.3. The summed E-state index contributed by atoms with van der Waals surface area (Å²) in [5.41, 5.74) is 1.80. The Balaban J connectivity index is 1.74. The molecule has 0 aromatic heterocycles. The Bertz CT molecular complexity index is 1480. The smallest absolute Gasteiger partial charge is 0.244 e. The molecule has 0 bridgehead atoms. The third kappa shape index (κ3) is 8.96. The number of rotatable bonds is 11. The molecule has 1 saturated carbocycles. The molecule has 0 heterocycles. The molecule has 0 unspecified atom stereocenters. The molecule has 1 aliphatic carbocycles. The molecule has 0 spiro atoms. The van der Waals surface area contributed by atoms with Gasteiger partial charge in [-0.15, -0.1) is 0 Å². The summed E-state index contributed by atoms with van der Waals surface area (Å²) in [5.74, 6) is -0.812. The van der Waals surface area contributed by atoms with Crippen LogP contribution < -0.4 is 9.62 Å². The molecule has 224 valence electrons. The van der Waals surface area contributed by atoms with Crippen LogP contribution in [0.15, 0.2) is 77.3 Å². The van der Waals surface area contributed by atoms with Crippen molar-refractivity contribution in [2.75, 3.05) is 17.1 Å². The highest BCUT2D eigenvalue weighted by atomic mass is 79.9. The number of hydrogen-bond acceptors (Lipinski definition) is 4. The van der Waals surface area contributed by atoms with Crippen LogP contribution >= 0.6 is 39.1 Å². The van der Waals surface area contributed by atoms with Gasteiger partial charge in [0.1, 0.15) is 12.6 Å². The van der Waals surface area contributed by atoms with E-state index in [0.717, 1.165) is 52.7 Å². The summed E-state index contributed by atoms with van der Waals surface area (Å²) in [5, 5.41) is 3.97. The number of benzene rings is 3. The maximum Gasteiger partial charge on any atom is 0.244 e. The van der Waals surface area contributed by atoms with Crippen molar-refractivity contribution in [3.63, 3.8) is 0 Å². The number of nitrogens with one attached hydrogen (secondary N) is 1. The maximum atomic E-state index is 14.2. The van der Waals surface area contributed by atoms with Crippen molar-refractivity contribution in [1.29, 1.82) is 0 Å². The highest BCUT2D eigenvalue weighted by Gasteiger charge is 2.34. The first-order valence-electron chi connectivity index (χ1n) is 13.8. The molecular weight excluding hydrogens is 661 g/mol. The topological polar surface area (TPSA) is 86.8 Å². The summed E-state index contributed by atoms with van der Waals surface area (Å²) in [7, 11) is -3.85. The van der Waals surface area contributed by atoms with Gasteiger partial charge in [0, 0.05) is 33.5 Å². The lowest BCUT2D eigenvalue weighted by atomic mass is 9.94. The normalized spacial score (nSPS) is 14.7. The second-order valence-electron chi connectivity index (χ2n) is 10.6. The Labute approximate surface area is 266 Å². The van der Waals surface area contributed by atoms with E-state index in [1.807, 2.05) is 30.3 Å². The summed E-state index contributed by atoms with van der Waals surface area (Å²) in [6.45, 7) is -0.504. The second kappa shape index (κ2) is 14.7. The maximum absolute atomic E-state index is 14.2. The summed E-state index contributed by atoms with van der Waals surface area (Å²) in [4.78, 5) is 29.6. The minimum atomic E-state index is -3.85. The molecule has 7 nitrogen and oxygen atoms in total. The third-order valence-corrected chi connectivity index (χ3v) is 9.63. The van der Waals surface area contributed by atoms with Crippen LogP contribution in [0.2, 0.25) is 10.0 Å². The number of nitrogens with zero attached hydrogens (tertiary/aromatic N) is 2. The Hall–Kier alpha value is -2.59. The zero-order valence-electron chi connectivity index (χ0n) is 23.3. The number of hydrogen-bond donors (Lipinski definition) is 1. The lowest BCUT2D eigenvalue weighted by molar-refractivity contribution is -0.140. The predicted octanol–water partition coefficient (Wildman–Crippen LogP) is 6.61. The SMILES string of the molecule is CS(=O)(=O)N(CC(=O)N(Cc1ccc(Cl)cc1Cl)[C@@H](Cc1ccccc1)C(=O)NC1CCCCC1)c1ccc(Br)cc1. The van der Waals surface area contributed by atoms with Gasteiger partial charge in [0.05, 0.1) is 11.9 Å². The van der Waals surface area contributed by atoms with Gasteiger partial charge in [0.15, 0.2) is 0 Å². The molecule has 42 heavy (non-hydrogen) atoms. The van der Waals surface area contributed by atoms with Crippen molar-refractivity contribution < 1.29 is 18.0 Å². The lowest BCUT2D eigenvalue weighted by Gasteiger charge is -2.35. The Morgan fingerprint density at radius 3 is 2.26 bits per heavy atom. The van der Waals surface area contributed by atoms with Crippen molar-refractivity contribution >= 4 is 66.7 Å². The van der Waals surface area contributed by atoms with Gasteiger partial charge in [0.2, 0.25) is 21.8 Å². The highest BCUT2D eigenvalue weighted by molar-refractivity contribution is 9.10. The fourth-order valence-corrected chi connectivity index (χ4v) is 6.73. The summed E-state index contributed by atoms with van der Waals surface area (Å²) >= 11 is 16.0. The van der Waals surface area contributed by atoms with Gasteiger partial charge >= 0.3 is 0 Å². The average molecular weight is 696 g/mol. The number of carbonyl (C=O) groups excluding carboxylic acids is 2. The molecule has 1 N–H and O–H groups in total. The van der Waals surface area contributed by atoms with Crippen molar-refractivity contribution in [2.45, 2.75) is 57.2 Å². The third-order valence-electron chi connectivity index (χ3n) is 7.37. The van der Waals surface area contributed by atoms with Crippen LogP contribution in [0.5, 0.6) is 0 Å². The van der Waals surface area contributed by atoms with E-state index in [0.29, 0.717) is 21.3 Å². The molecule has 4 rings (SSSR count). The number of anilines is 1. The van der Waals surface area contributed by atoms with Crippen molar-refractivity contribution in [3.05, 3.63) is 98.4 Å². The number of sulfonamides is 1. The van der Waals surface area contributed by atoms with E-state index in [2.05, 4.69) is 21.2 Å². The average Bonchev–Trinajstić information content (AvgIpc) is 2.95. The van der Waals surface area contributed by atoms with E-state index >= 15 is 0 Å². The Kier molecular flexibility index (Phi) is 11.3. The number of halogens is 3. The molecule has 2 amide bonds. The number of amides is 2. The van der Waals surface area contributed by atoms with Crippen LogP contribution in [0.1, 0.15) is 43.2 Å². The van der Waals surface area contributed by atoms with Gasteiger partial charge < -0.3 is 10.2 Å². The summed E-state index contributed by atoms with van der Waals surface area (Å²) in [6, 6.07) is 20.2.